The lowest BCUT2D eigenvalue weighted by molar-refractivity contribution is -0.124. The van der Waals surface area contributed by atoms with Gasteiger partial charge in [0, 0.05) is 22.9 Å². The van der Waals surface area contributed by atoms with E-state index in [1.54, 1.807) is 19.1 Å². The first-order chi connectivity index (χ1) is 20.2. The van der Waals surface area contributed by atoms with Gasteiger partial charge in [0.2, 0.25) is 0 Å². The predicted octanol–water partition coefficient (Wildman–Crippen LogP) is 6.21. The van der Waals surface area contributed by atoms with Gasteiger partial charge < -0.3 is 19.4 Å². The first-order valence-corrected chi connectivity index (χ1v) is 15.0. The summed E-state index contributed by atoms with van der Waals surface area (Å²) in [6, 6.07) is 14.8. The van der Waals surface area contributed by atoms with Crippen LogP contribution in [0.1, 0.15) is 69.5 Å². The van der Waals surface area contributed by atoms with Gasteiger partial charge in [0.05, 0.1) is 12.7 Å². The number of nitrogens with one attached hydrogen (secondary N) is 1. The van der Waals surface area contributed by atoms with Crippen LogP contribution in [0.15, 0.2) is 53.3 Å². The highest BCUT2D eigenvalue weighted by molar-refractivity contribution is 7.17. The molecule has 1 amide bonds. The number of amides is 1. The zero-order chi connectivity index (χ0) is 30.0. The zero-order valence-electron chi connectivity index (χ0n) is 24.2. The summed E-state index contributed by atoms with van der Waals surface area (Å²) in [5.41, 5.74) is 3.39. The normalized spacial score (nSPS) is 13.6. The molecular formula is C33H34N2O6S. The van der Waals surface area contributed by atoms with Gasteiger partial charge in [-0.1, -0.05) is 61.4 Å². The van der Waals surface area contributed by atoms with Gasteiger partial charge in [-0.15, -0.1) is 11.3 Å². The van der Waals surface area contributed by atoms with E-state index in [1.807, 2.05) is 43.3 Å². The molecule has 2 aromatic heterocycles. The van der Waals surface area contributed by atoms with Gasteiger partial charge in [-0.3, -0.25) is 9.59 Å². The maximum Gasteiger partial charge on any atom is 0.356 e. The number of aryl methyl sites for hydroxylation is 2. The van der Waals surface area contributed by atoms with Crippen LogP contribution in [0, 0.1) is 6.92 Å². The fourth-order valence-electron chi connectivity index (χ4n) is 5.56. The molecule has 1 unspecified atom stereocenters. The Kier molecular flexibility index (Phi) is 8.59. The molecule has 0 saturated carbocycles. The maximum atomic E-state index is 13.8. The lowest BCUT2D eigenvalue weighted by Gasteiger charge is -2.20. The van der Waals surface area contributed by atoms with E-state index in [2.05, 4.69) is 5.32 Å². The Morgan fingerprint density at radius 2 is 1.67 bits per heavy atom. The lowest BCUT2D eigenvalue weighted by Crippen LogP contribution is -2.34. The molecule has 9 heteroatoms. The van der Waals surface area contributed by atoms with Crippen LogP contribution in [0.25, 0.3) is 21.9 Å². The van der Waals surface area contributed by atoms with Gasteiger partial charge in [-0.05, 0) is 61.6 Å². The van der Waals surface area contributed by atoms with E-state index in [9.17, 15) is 19.2 Å². The van der Waals surface area contributed by atoms with Crippen molar-refractivity contribution >= 4 is 45.0 Å². The number of hydrogen-bond donors (Lipinski definition) is 1. The number of benzene rings is 2. The highest BCUT2D eigenvalue weighted by Gasteiger charge is 2.31. The van der Waals surface area contributed by atoms with Crippen LogP contribution < -0.4 is 10.9 Å². The molecule has 0 fully saturated rings. The Balaban J connectivity index is 1.51. The molecule has 2 aromatic carbocycles. The van der Waals surface area contributed by atoms with Crippen molar-refractivity contribution < 1.29 is 23.9 Å². The number of nitrogens with zero attached hydrogens (tertiary/aromatic N) is 1. The smallest absolute Gasteiger partial charge is 0.356 e. The van der Waals surface area contributed by atoms with E-state index in [1.165, 1.54) is 30.1 Å². The molecule has 42 heavy (non-hydrogen) atoms. The summed E-state index contributed by atoms with van der Waals surface area (Å²) >= 11 is 1.38. The number of carbonyl (C=O) groups excluding carboxylic acids is 3. The number of esters is 2. The summed E-state index contributed by atoms with van der Waals surface area (Å²) < 4.78 is 12.2. The molecule has 2 heterocycles. The van der Waals surface area contributed by atoms with Crippen LogP contribution in [0.3, 0.4) is 0 Å². The standard InChI is InChI=1S/C33H34N2O6S/c1-5-24(29(36)34-30-27(32(38)40-4)23-13-7-6-8-14-25(23)42-30)41-33(39)28-26(20-17-15-19(2)16-18-20)21-11-9-10-12-22(21)31(37)35(28)3/h9-12,15-18,24H,5-8,13-14H2,1-4H3,(H,34,36). The van der Waals surface area contributed by atoms with E-state index in [0.29, 0.717) is 26.9 Å². The molecule has 4 aromatic rings. The minimum Gasteiger partial charge on any atom is -0.465 e. The monoisotopic (exact) mass is 586 g/mol. The second kappa shape index (κ2) is 12.3. The molecule has 1 N–H and O–H groups in total. The van der Waals surface area contributed by atoms with Gasteiger partial charge in [0.15, 0.2) is 6.10 Å². The fraction of sp³-hybridized carbons (Fsp3) is 0.333. The van der Waals surface area contributed by atoms with E-state index >= 15 is 0 Å². The molecule has 1 aliphatic rings. The third-order valence-electron chi connectivity index (χ3n) is 7.80. The summed E-state index contributed by atoms with van der Waals surface area (Å²) in [4.78, 5) is 54.5. The second-order valence-corrected chi connectivity index (χ2v) is 11.7. The van der Waals surface area contributed by atoms with E-state index in [0.717, 1.165) is 53.7 Å². The summed E-state index contributed by atoms with van der Waals surface area (Å²) in [5, 5.41) is 4.36. The van der Waals surface area contributed by atoms with E-state index in [-0.39, 0.29) is 17.7 Å². The lowest BCUT2D eigenvalue weighted by atomic mass is 9.96. The quantitative estimate of drug-likeness (QED) is 0.204. The molecule has 1 atom stereocenters. The number of fused-ring (bicyclic) bond motifs is 2. The minimum absolute atomic E-state index is 0.0619. The van der Waals surface area contributed by atoms with Crippen molar-refractivity contribution in [3.8, 4) is 11.1 Å². The number of methoxy groups -OCH3 is 1. The van der Waals surface area contributed by atoms with Gasteiger partial charge in [-0.25, -0.2) is 9.59 Å². The number of ether oxygens (including phenoxy) is 2. The van der Waals surface area contributed by atoms with E-state index < -0.39 is 23.9 Å². The molecule has 8 nitrogen and oxygen atoms in total. The molecule has 218 valence electrons. The zero-order valence-corrected chi connectivity index (χ0v) is 25.1. The van der Waals surface area contributed by atoms with E-state index in [4.69, 9.17) is 9.47 Å². The summed E-state index contributed by atoms with van der Waals surface area (Å²) in [6.45, 7) is 3.71. The number of rotatable bonds is 7. The maximum absolute atomic E-state index is 13.8. The Hall–Kier alpha value is -4.24. The van der Waals surface area contributed by atoms with Crippen LogP contribution in [-0.4, -0.2) is 35.6 Å². The largest absolute Gasteiger partial charge is 0.465 e. The van der Waals surface area contributed by atoms with Crippen molar-refractivity contribution in [3.63, 3.8) is 0 Å². The number of carbonyl (C=O) groups is 3. The number of aromatic nitrogens is 1. The third-order valence-corrected chi connectivity index (χ3v) is 9.00. The minimum atomic E-state index is -1.16. The average Bonchev–Trinajstić information content (AvgIpc) is 3.16. The van der Waals surface area contributed by atoms with Crippen molar-refractivity contribution in [1.82, 2.24) is 4.57 Å². The predicted molar refractivity (Wildman–Crippen MR) is 164 cm³/mol. The van der Waals surface area contributed by atoms with Crippen molar-refractivity contribution in [2.24, 2.45) is 7.05 Å². The van der Waals surface area contributed by atoms with Gasteiger partial charge in [0.1, 0.15) is 10.7 Å². The molecule has 0 bridgehead atoms. The van der Waals surface area contributed by atoms with Crippen LogP contribution in [0.2, 0.25) is 0 Å². The van der Waals surface area contributed by atoms with Crippen LogP contribution in [0.5, 0.6) is 0 Å². The fourth-order valence-corrected chi connectivity index (χ4v) is 6.85. The molecule has 5 rings (SSSR count). The summed E-state index contributed by atoms with van der Waals surface area (Å²) in [6.07, 6.45) is 3.68. The van der Waals surface area contributed by atoms with Crippen molar-refractivity contribution in [2.75, 3.05) is 12.4 Å². The Morgan fingerprint density at radius 3 is 2.36 bits per heavy atom. The SMILES string of the molecule is CCC(OC(=O)c1c(-c2ccc(C)cc2)c2ccccc2c(=O)n1C)C(=O)Nc1sc2c(c1C(=O)OC)CCCCC2. The first kappa shape index (κ1) is 29.3. The Bertz CT molecular complexity index is 1730. The Labute approximate surface area is 248 Å². The average molecular weight is 587 g/mol. The molecule has 0 aliphatic heterocycles. The van der Waals surface area contributed by atoms with Crippen LogP contribution in [0.4, 0.5) is 5.00 Å². The van der Waals surface area contributed by atoms with Gasteiger partial charge in [-0.2, -0.15) is 0 Å². The molecule has 0 saturated heterocycles. The summed E-state index contributed by atoms with van der Waals surface area (Å²) in [7, 11) is 2.86. The molecule has 0 radical (unpaired) electrons. The number of thiophene rings is 1. The molecular weight excluding hydrogens is 552 g/mol. The highest BCUT2D eigenvalue weighted by atomic mass is 32.1. The topological polar surface area (TPSA) is 104 Å². The third kappa shape index (κ3) is 5.48. The van der Waals surface area contributed by atoms with Crippen molar-refractivity contribution in [2.45, 2.75) is 58.5 Å². The van der Waals surface area contributed by atoms with Crippen molar-refractivity contribution in [1.29, 1.82) is 0 Å². The van der Waals surface area contributed by atoms with Gasteiger partial charge in [0.25, 0.3) is 11.5 Å². The first-order valence-electron chi connectivity index (χ1n) is 14.2. The number of hydrogen-bond acceptors (Lipinski definition) is 7. The second-order valence-electron chi connectivity index (χ2n) is 10.6. The molecule has 1 aliphatic carbocycles. The number of pyridine rings is 1. The summed E-state index contributed by atoms with van der Waals surface area (Å²) in [5.74, 6) is -1.83. The Morgan fingerprint density at radius 1 is 0.976 bits per heavy atom. The molecule has 0 spiro atoms. The number of anilines is 1. The highest BCUT2D eigenvalue weighted by Crippen LogP contribution is 2.38. The van der Waals surface area contributed by atoms with Gasteiger partial charge >= 0.3 is 11.9 Å². The van der Waals surface area contributed by atoms with Crippen LogP contribution in [-0.2, 0) is 34.2 Å². The van der Waals surface area contributed by atoms with Crippen molar-refractivity contribution in [3.05, 3.63) is 86.1 Å². The van der Waals surface area contributed by atoms with Crippen LogP contribution >= 0.6 is 11.3 Å².